The van der Waals surface area contributed by atoms with Crippen LogP contribution in [0.1, 0.15) is 45.4 Å². The second-order valence-corrected chi connectivity index (χ2v) is 6.28. The van der Waals surface area contributed by atoms with E-state index in [0.717, 1.165) is 18.8 Å². The Morgan fingerprint density at radius 1 is 1.21 bits per heavy atom. The molecule has 0 bridgehead atoms. The van der Waals surface area contributed by atoms with E-state index in [1.54, 1.807) is 0 Å². The Morgan fingerprint density at radius 3 is 2.37 bits per heavy atom. The smallest absolute Gasteiger partial charge is 0.0921 e. The van der Waals surface area contributed by atoms with E-state index in [1.807, 2.05) is 0 Å². The fourth-order valence-electron chi connectivity index (χ4n) is 3.62. The van der Waals surface area contributed by atoms with Crippen molar-refractivity contribution in [1.82, 2.24) is 9.80 Å². The number of likely N-dealkylation sites (tertiary alicyclic amines) is 2. The molecule has 0 amide bonds. The summed E-state index contributed by atoms with van der Waals surface area (Å²) in [5.74, 6) is 1.23. The molecule has 2 saturated heterocycles. The summed E-state index contributed by atoms with van der Waals surface area (Å²) in [5, 5.41) is 7.48. The Bertz CT molecular complexity index is 278. The molecular weight excluding hydrogens is 236 g/mol. The predicted molar refractivity (Wildman–Crippen MR) is 80.6 cm³/mol. The number of nitrogens with one attached hydrogen (secondary N) is 1. The standard InChI is InChI=1S/C15H30N4/c1-2-14(11-15(16)17)19-9-5-13(6-10-19)12-18-7-3-4-8-18/h13-14H,2-12H2,1H3,(H3,16,17). The molecule has 19 heavy (non-hydrogen) atoms. The molecule has 1 unspecified atom stereocenters. The van der Waals surface area contributed by atoms with Gasteiger partial charge in [0.15, 0.2) is 0 Å². The summed E-state index contributed by atoms with van der Waals surface area (Å²) in [4.78, 5) is 5.20. The maximum Gasteiger partial charge on any atom is 0.0921 e. The van der Waals surface area contributed by atoms with Gasteiger partial charge >= 0.3 is 0 Å². The zero-order chi connectivity index (χ0) is 13.7. The van der Waals surface area contributed by atoms with Gasteiger partial charge in [-0.1, -0.05) is 6.92 Å². The van der Waals surface area contributed by atoms with Gasteiger partial charge in [-0.15, -0.1) is 0 Å². The Kier molecular flexibility index (Phi) is 5.64. The fourth-order valence-corrected chi connectivity index (χ4v) is 3.62. The van der Waals surface area contributed by atoms with Gasteiger partial charge in [-0.25, -0.2) is 0 Å². The Morgan fingerprint density at radius 2 is 1.84 bits per heavy atom. The molecule has 0 saturated carbocycles. The molecule has 0 aliphatic carbocycles. The molecule has 4 heteroatoms. The summed E-state index contributed by atoms with van der Waals surface area (Å²) in [7, 11) is 0. The SMILES string of the molecule is CCC(CC(=N)N)N1CCC(CN2CCCC2)CC1. The van der Waals surface area contributed by atoms with Crippen LogP contribution in [0.4, 0.5) is 0 Å². The van der Waals surface area contributed by atoms with E-state index >= 15 is 0 Å². The van der Waals surface area contributed by atoms with Crippen molar-refractivity contribution < 1.29 is 0 Å². The summed E-state index contributed by atoms with van der Waals surface area (Å²) in [6, 6.07) is 0.491. The summed E-state index contributed by atoms with van der Waals surface area (Å²) in [6.07, 6.45) is 7.30. The van der Waals surface area contributed by atoms with Crippen LogP contribution in [0, 0.1) is 11.3 Å². The van der Waals surface area contributed by atoms with E-state index in [-0.39, 0.29) is 0 Å². The van der Waals surface area contributed by atoms with Crippen molar-refractivity contribution in [2.45, 2.75) is 51.5 Å². The summed E-state index contributed by atoms with van der Waals surface area (Å²) in [6.45, 7) is 8.57. The highest BCUT2D eigenvalue weighted by molar-refractivity contribution is 5.77. The van der Waals surface area contributed by atoms with Gasteiger partial charge in [-0.05, 0) is 64.2 Å². The maximum atomic E-state index is 7.48. The number of hydrogen-bond donors (Lipinski definition) is 2. The molecule has 2 aliphatic rings. The summed E-state index contributed by atoms with van der Waals surface area (Å²) < 4.78 is 0. The Balaban J connectivity index is 1.72. The van der Waals surface area contributed by atoms with Crippen LogP contribution in [-0.2, 0) is 0 Å². The largest absolute Gasteiger partial charge is 0.388 e. The summed E-state index contributed by atoms with van der Waals surface area (Å²) in [5.41, 5.74) is 5.56. The second kappa shape index (κ2) is 7.25. The van der Waals surface area contributed by atoms with Crippen molar-refractivity contribution >= 4 is 5.84 Å². The monoisotopic (exact) mass is 266 g/mol. The number of nitrogens with zero attached hydrogens (tertiary/aromatic N) is 2. The lowest BCUT2D eigenvalue weighted by atomic mass is 9.94. The van der Waals surface area contributed by atoms with Crippen LogP contribution in [0.15, 0.2) is 0 Å². The highest BCUT2D eigenvalue weighted by Crippen LogP contribution is 2.23. The van der Waals surface area contributed by atoms with E-state index in [4.69, 9.17) is 11.1 Å². The molecule has 110 valence electrons. The van der Waals surface area contributed by atoms with Gasteiger partial charge in [0.25, 0.3) is 0 Å². The zero-order valence-electron chi connectivity index (χ0n) is 12.4. The van der Waals surface area contributed by atoms with Crippen LogP contribution >= 0.6 is 0 Å². The maximum absolute atomic E-state index is 7.48. The number of rotatable bonds is 6. The zero-order valence-corrected chi connectivity index (χ0v) is 12.4. The van der Waals surface area contributed by atoms with E-state index in [9.17, 15) is 0 Å². The van der Waals surface area contributed by atoms with Crippen molar-refractivity contribution in [3.8, 4) is 0 Å². The third-order valence-corrected chi connectivity index (χ3v) is 4.81. The van der Waals surface area contributed by atoms with E-state index < -0.39 is 0 Å². The lowest BCUT2D eigenvalue weighted by molar-refractivity contribution is 0.115. The first-order valence-electron chi connectivity index (χ1n) is 7.98. The fraction of sp³-hybridized carbons (Fsp3) is 0.933. The minimum atomic E-state index is 0.339. The molecule has 2 fully saturated rings. The molecule has 1 atom stereocenters. The average Bonchev–Trinajstić information content (AvgIpc) is 2.90. The molecule has 2 heterocycles. The van der Waals surface area contributed by atoms with Crippen LogP contribution < -0.4 is 5.73 Å². The first kappa shape index (κ1) is 14.8. The Labute approximate surface area is 117 Å². The van der Waals surface area contributed by atoms with Crippen molar-refractivity contribution in [2.24, 2.45) is 11.7 Å². The van der Waals surface area contributed by atoms with Crippen molar-refractivity contribution in [2.75, 3.05) is 32.7 Å². The van der Waals surface area contributed by atoms with E-state index in [1.165, 1.54) is 58.4 Å². The molecular formula is C15H30N4. The highest BCUT2D eigenvalue weighted by atomic mass is 15.2. The first-order valence-corrected chi connectivity index (χ1v) is 7.98. The molecule has 3 N–H and O–H groups in total. The van der Waals surface area contributed by atoms with Crippen LogP contribution in [0.5, 0.6) is 0 Å². The Hall–Kier alpha value is -0.610. The normalized spacial score (nSPS) is 24.7. The van der Waals surface area contributed by atoms with E-state index in [0.29, 0.717) is 11.9 Å². The van der Waals surface area contributed by atoms with Crippen LogP contribution in [0.2, 0.25) is 0 Å². The molecule has 2 rings (SSSR count). The average molecular weight is 266 g/mol. The number of hydrogen-bond acceptors (Lipinski definition) is 3. The minimum Gasteiger partial charge on any atom is -0.388 e. The first-order chi connectivity index (χ1) is 9.19. The lowest BCUT2D eigenvalue weighted by Gasteiger charge is -2.38. The minimum absolute atomic E-state index is 0.339. The third kappa shape index (κ3) is 4.46. The number of amidine groups is 1. The van der Waals surface area contributed by atoms with Gasteiger partial charge in [-0.3, -0.25) is 10.3 Å². The van der Waals surface area contributed by atoms with Crippen molar-refractivity contribution in [3.63, 3.8) is 0 Å². The van der Waals surface area contributed by atoms with Gasteiger partial charge in [0.2, 0.25) is 0 Å². The molecule has 2 aliphatic heterocycles. The van der Waals surface area contributed by atoms with Crippen molar-refractivity contribution in [3.05, 3.63) is 0 Å². The van der Waals surface area contributed by atoms with Gasteiger partial charge in [0.1, 0.15) is 0 Å². The quantitative estimate of drug-likeness (QED) is 0.570. The van der Waals surface area contributed by atoms with Crippen LogP contribution in [-0.4, -0.2) is 54.4 Å². The van der Waals surface area contributed by atoms with Crippen LogP contribution in [0.25, 0.3) is 0 Å². The van der Waals surface area contributed by atoms with Gasteiger partial charge in [0.05, 0.1) is 5.84 Å². The number of piperidine rings is 1. The van der Waals surface area contributed by atoms with Gasteiger partial charge < -0.3 is 10.6 Å². The second-order valence-electron chi connectivity index (χ2n) is 6.28. The molecule has 0 aromatic carbocycles. The van der Waals surface area contributed by atoms with Crippen molar-refractivity contribution in [1.29, 1.82) is 5.41 Å². The molecule has 0 aromatic rings. The summed E-state index contributed by atoms with van der Waals surface area (Å²) >= 11 is 0. The number of nitrogens with two attached hydrogens (primary N) is 1. The molecule has 0 aromatic heterocycles. The third-order valence-electron chi connectivity index (χ3n) is 4.81. The molecule has 4 nitrogen and oxygen atoms in total. The predicted octanol–water partition coefficient (Wildman–Crippen LogP) is 1.90. The van der Waals surface area contributed by atoms with Gasteiger partial charge in [0, 0.05) is 19.0 Å². The topological polar surface area (TPSA) is 56.4 Å². The van der Waals surface area contributed by atoms with E-state index in [2.05, 4.69) is 16.7 Å². The molecule has 0 spiro atoms. The lowest BCUT2D eigenvalue weighted by Crippen LogP contribution is -2.44. The van der Waals surface area contributed by atoms with Gasteiger partial charge in [-0.2, -0.15) is 0 Å². The highest BCUT2D eigenvalue weighted by Gasteiger charge is 2.26. The molecule has 0 radical (unpaired) electrons. The van der Waals surface area contributed by atoms with Crippen LogP contribution in [0.3, 0.4) is 0 Å².